The number of rotatable bonds is 8. The van der Waals surface area contributed by atoms with Crippen LogP contribution in [0.3, 0.4) is 0 Å². The number of hydrogen-bond donors (Lipinski definition) is 1. The predicted octanol–water partition coefficient (Wildman–Crippen LogP) is 4.31. The first kappa shape index (κ1) is 17.3. The van der Waals surface area contributed by atoms with Gasteiger partial charge in [0.2, 0.25) is 10.0 Å². The van der Waals surface area contributed by atoms with Crippen LogP contribution in [0.1, 0.15) is 32.6 Å². The first-order valence-electron chi connectivity index (χ1n) is 7.66. The monoisotopic (exact) mass is 339 g/mol. The normalized spacial score (nSPS) is 13.4. The highest BCUT2D eigenvalue weighted by molar-refractivity contribution is 7.89. The molecule has 1 N–H and O–H groups in total. The standard InChI is InChI=1S/C17H22ClNO2S/c1-2-15(18)10-5-6-13-19-22(20,21)17-12-7-9-14-8-3-4-11-16(14)17/h3-4,7-9,11-12,15,19H,2,5-6,10,13H2,1H3. The van der Waals surface area contributed by atoms with Gasteiger partial charge in [-0.05, 0) is 30.7 Å². The molecule has 0 heterocycles. The lowest BCUT2D eigenvalue weighted by atomic mass is 10.1. The molecule has 2 rings (SSSR count). The molecular formula is C17H22ClNO2S. The van der Waals surface area contributed by atoms with Gasteiger partial charge in [0, 0.05) is 17.3 Å². The summed E-state index contributed by atoms with van der Waals surface area (Å²) < 4.78 is 27.6. The van der Waals surface area contributed by atoms with Gasteiger partial charge in [0.15, 0.2) is 0 Å². The van der Waals surface area contributed by atoms with E-state index in [0.717, 1.165) is 36.5 Å². The molecule has 120 valence electrons. The fourth-order valence-corrected chi connectivity index (χ4v) is 3.87. The third-order valence-corrected chi connectivity index (χ3v) is 5.76. The Morgan fingerprint density at radius 1 is 1.09 bits per heavy atom. The number of unbranched alkanes of at least 4 members (excludes halogenated alkanes) is 1. The Balaban J connectivity index is 2.01. The summed E-state index contributed by atoms with van der Waals surface area (Å²) in [6, 6.07) is 12.9. The Morgan fingerprint density at radius 2 is 1.82 bits per heavy atom. The average Bonchev–Trinajstić information content (AvgIpc) is 2.53. The zero-order valence-corrected chi connectivity index (χ0v) is 14.3. The molecule has 1 atom stereocenters. The smallest absolute Gasteiger partial charge is 0.211 e. The summed E-state index contributed by atoms with van der Waals surface area (Å²) in [4.78, 5) is 0.342. The molecule has 0 saturated heterocycles. The van der Waals surface area contributed by atoms with Crippen molar-refractivity contribution in [1.29, 1.82) is 0 Å². The van der Waals surface area contributed by atoms with Crippen molar-refractivity contribution in [3.63, 3.8) is 0 Å². The van der Waals surface area contributed by atoms with Crippen LogP contribution in [0, 0.1) is 0 Å². The van der Waals surface area contributed by atoms with Crippen LogP contribution >= 0.6 is 11.6 Å². The topological polar surface area (TPSA) is 46.2 Å². The molecule has 0 fully saturated rings. The molecule has 0 aliphatic heterocycles. The predicted molar refractivity (Wildman–Crippen MR) is 92.9 cm³/mol. The molecule has 22 heavy (non-hydrogen) atoms. The number of benzene rings is 2. The Labute approximate surface area is 137 Å². The quantitative estimate of drug-likeness (QED) is 0.575. The van der Waals surface area contributed by atoms with Gasteiger partial charge >= 0.3 is 0 Å². The van der Waals surface area contributed by atoms with E-state index in [2.05, 4.69) is 11.6 Å². The number of nitrogens with one attached hydrogen (secondary N) is 1. The molecule has 5 heteroatoms. The van der Waals surface area contributed by atoms with E-state index in [4.69, 9.17) is 11.6 Å². The number of hydrogen-bond acceptors (Lipinski definition) is 2. The van der Waals surface area contributed by atoms with E-state index in [1.807, 2.05) is 30.3 Å². The van der Waals surface area contributed by atoms with Gasteiger partial charge in [-0.1, -0.05) is 49.7 Å². The van der Waals surface area contributed by atoms with Gasteiger partial charge in [-0.3, -0.25) is 0 Å². The summed E-state index contributed by atoms with van der Waals surface area (Å²) in [5, 5.41) is 1.87. The van der Waals surface area contributed by atoms with Crippen LogP contribution in [-0.2, 0) is 10.0 Å². The lowest BCUT2D eigenvalue weighted by Crippen LogP contribution is -2.25. The maximum absolute atomic E-state index is 12.5. The Bertz CT molecular complexity index is 710. The van der Waals surface area contributed by atoms with Crippen LogP contribution in [0.2, 0.25) is 0 Å². The van der Waals surface area contributed by atoms with Crippen molar-refractivity contribution < 1.29 is 8.42 Å². The molecule has 0 saturated carbocycles. The third kappa shape index (κ3) is 4.45. The summed E-state index contributed by atoms with van der Waals surface area (Å²) in [5.74, 6) is 0. The van der Waals surface area contributed by atoms with Crippen molar-refractivity contribution in [3.05, 3.63) is 42.5 Å². The van der Waals surface area contributed by atoms with Gasteiger partial charge < -0.3 is 0 Å². The molecule has 0 amide bonds. The average molecular weight is 340 g/mol. The third-order valence-electron chi connectivity index (χ3n) is 3.72. The number of sulfonamides is 1. The maximum Gasteiger partial charge on any atom is 0.241 e. The van der Waals surface area contributed by atoms with E-state index in [1.165, 1.54) is 0 Å². The largest absolute Gasteiger partial charge is 0.241 e. The van der Waals surface area contributed by atoms with Gasteiger partial charge in [0.1, 0.15) is 0 Å². The van der Waals surface area contributed by atoms with Crippen molar-refractivity contribution in [2.24, 2.45) is 0 Å². The van der Waals surface area contributed by atoms with Crippen molar-refractivity contribution in [3.8, 4) is 0 Å². The van der Waals surface area contributed by atoms with E-state index in [1.54, 1.807) is 12.1 Å². The zero-order chi connectivity index (χ0) is 16.0. The molecule has 0 aliphatic rings. The van der Waals surface area contributed by atoms with Gasteiger partial charge in [-0.25, -0.2) is 13.1 Å². The SMILES string of the molecule is CCC(Cl)CCCCNS(=O)(=O)c1cccc2ccccc12. The van der Waals surface area contributed by atoms with E-state index in [0.29, 0.717) is 11.4 Å². The second kappa shape index (κ2) is 7.95. The number of halogens is 1. The first-order valence-corrected chi connectivity index (χ1v) is 9.58. The van der Waals surface area contributed by atoms with Crippen LogP contribution in [0.4, 0.5) is 0 Å². The zero-order valence-electron chi connectivity index (χ0n) is 12.8. The van der Waals surface area contributed by atoms with Crippen LogP contribution in [0.15, 0.2) is 47.4 Å². The van der Waals surface area contributed by atoms with E-state index in [-0.39, 0.29) is 5.38 Å². The Hall–Kier alpha value is -1.10. The lowest BCUT2D eigenvalue weighted by molar-refractivity contribution is 0.572. The second-order valence-corrected chi connectivity index (χ2v) is 7.73. The van der Waals surface area contributed by atoms with Crippen LogP contribution < -0.4 is 4.72 Å². The van der Waals surface area contributed by atoms with Crippen LogP contribution in [-0.4, -0.2) is 20.3 Å². The molecule has 0 aliphatic carbocycles. The fraction of sp³-hybridized carbons (Fsp3) is 0.412. The van der Waals surface area contributed by atoms with Crippen molar-refractivity contribution >= 4 is 32.4 Å². The number of fused-ring (bicyclic) bond motifs is 1. The van der Waals surface area contributed by atoms with Crippen LogP contribution in [0.25, 0.3) is 10.8 Å². The number of alkyl halides is 1. The van der Waals surface area contributed by atoms with Crippen molar-refractivity contribution in [1.82, 2.24) is 4.72 Å². The molecular weight excluding hydrogens is 318 g/mol. The molecule has 0 radical (unpaired) electrons. The molecule has 1 unspecified atom stereocenters. The minimum atomic E-state index is -3.48. The second-order valence-electron chi connectivity index (χ2n) is 5.38. The minimum Gasteiger partial charge on any atom is -0.211 e. The highest BCUT2D eigenvalue weighted by Gasteiger charge is 2.16. The highest BCUT2D eigenvalue weighted by atomic mass is 35.5. The highest BCUT2D eigenvalue weighted by Crippen LogP contribution is 2.22. The Kier molecular flexibility index (Phi) is 6.24. The van der Waals surface area contributed by atoms with E-state index >= 15 is 0 Å². The fourth-order valence-electron chi connectivity index (χ4n) is 2.41. The summed E-state index contributed by atoms with van der Waals surface area (Å²) in [6.07, 6.45) is 3.60. The van der Waals surface area contributed by atoms with E-state index < -0.39 is 10.0 Å². The molecule has 0 bridgehead atoms. The molecule has 0 aromatic heterocycles. The maximum atomic E-state index is 12.5. The summed E-state index contributed by atoms with van der Waals surface area (Å²) in [7, 11) is -3.48. The Morgan fingerprint density at radius 3 is 2.59 bits per heavy atom. The molecule has 2 aromatic rings. The lowest BCUT2D eigenvalue weighted by Gasteiger charge is -2.10. The summed E-state index contributed by atoms with van der Waals surface area (Å²) >= 11 is 6.06. The van der Waals surface area contributed by atoms with Crippen LogP contribution in [0.5, 0.6) is 0 Å². The molecule has 2 aromatic carbocycles. The van der Waals surface area contributed by atoms with Gasteiger partial charge in [-0.15, -0.1) is 11.6 Å². The molecule has 3 nitrogen and oxygen atoms in total. The molecule has 0 spiro atoms. The van der Waals surface area contributed by atoms with Gasteiger partial charge in [-0.2, -0.15) is 0 Å². The first-order chi connectivity index (χ1) is 10.5. The van der Waals surface area contributed by atoms with Crippen molar-refractivity contribution in [2.75, 3.05) is 6.54 Å². The minimum absolute atomic E-state index is 0.190. The van der Waals surface area contributed by atoms with Gasteiger partial charge in [0.25, 0.3) is 0 Å². The summed E-state index contributed by atoms with van der Waals surface area (Å²) in [6.45, 7) is 2.50. The van der Waals surface area contributed by atoms with E-state index in [9.17, 15) is 8.42 Å². The van der Waals surface area contributed by atoms with Crippen molar-refractivity contribution in [2.45, 2.75) is 42.9 Å². The van der Waals surface area contributed by atoms with Gasteiger partial charge in [0.05, 0.1) is 4.90 Å². The summed E-state index contributed by atoms with van der Waals surface area (Å²) in [5.41, 5.74) is 0.